The monoisotopic (exact) mass is 215 g/mol. The number of nitrogens with zero attached hydrogens (tertiary/aromatic N) is 1. The van der Waals surface area contributed by atoms with Crippen LogP contribution >= 0.6 is 0 Å². The van der Waals surface area contributed by atoms with Crippen molar-refractivity contribution >= 4 is 16.7 Å². The third-order valence-electron chi connectivity index (χ3n) is 2.35. The van der Waals surface area contributed by atoms with E-state index in [9.17, 15) is 4.79 Å². The molecule has 0 fully saturated rings. The molecule has 0 amide bonds. The third kappa shape index (κ3) is 2.25. The molecule has 0 aliphatic carbocycles. The Kier molecular flexibility index (Phi) is 3.27. The van der Waals surface area contributed by atoms with Gasteiger partial charge in [-0.2, -0.15) is 0 Å². The molecule has 1 heterocycles. The second-order valence-corrected chi connectivity index (χ2v) is 3.48. The van der Waals surface area contributed by atoms with Crippen LogP contribution in [-0.2, 0) is 4.74 Å². The van der Waals surface area contributed by atoms with Crippen molar-refractivity contribution in [3.63, 3.8) is 0 Å². The first-order valence-corrected chi connectivity index (χ1v) is 5.27. The van der Waals surface area contributed by atoms with Gasteiger partial charge < -0.3 is 4.74 Å². The van der Waals surface area contributed by atoms with Crippen molar-refractivity contribution < 1.29 is 9.53 Å². The van der Waals surface area contributed by atoms with E-state index in [2.05, 4.69) is 4.98 Å². The van der Waals surface area contributed by atoms with Crippen molar-refractivity contribution in [1.29, 1.82) is 0 Å². The van der Waals surface area contributed by atoms with Gasteiger partial charge in [0.15, 0.2) is 5.78 Å². The summed E-state index contributed by atoms with van der Waals surface area (Å²) in [5, 5.41) is 0.977. The highest BCUT2D eigenvalue weighted by molar-refractivity contribution is 5.99. The molecule has 0 bridgehead atoms. The average molecular weight is 215 g/mol. The van der Waals surface area contributed by atoms with E-state index in [1.807, 2.05) is 37.3 Å². The van der Waals surface area contributed by atoms with Crippen LogP contribution in [0, 0.1) is 0 Å². The highest BCUT2D eigenvalue weighted by atomic mass is 16.5. The number of hydrogen-bond acceptors (Lipinski definition) is 3. The molecule has 0 N–H and O–H groups in total. The molecule has 2 rings (SSSR count). The second-order valence-electron chi connectivity index (χ2n) is 3.48. The zero-order valence-corrected chi connectivity index (χ0v) is 9.14. The van der Waals surface area contributed by atoms with Crippen LogP contribution in [0.4, 0.5) is 0 Å². The van der Waals surface area contributed by atoms with Gasteiger partial charge in [-0.3, -0.25) is 9.78 Å². The zero-order chi connectivity index (χ0) is 11.4. The van der Waals surface area contributed by atoms with Gasteiger partial charge in [-0.15, -0.1) is 0 Å². The quantitative estimate of drug-likeness (QED) is 0.735. The molecule has 0 aliphatic rings. The Labute approximate surface area is 94.1 Å². The Morgan fingerprint density at radius 2 is 2.19 bits per heavy atom. The molecule has 2 aromatic rings. The van der Waals surface area contributed by atoms with E-state index in [0.717, 1.165) is 10.9 Å². The normalized spacial score (nSPS) is 10.6. The lowest BCUT2D eigenvalue weighted by Crippen LogP contribution is -2.09. The van der Waals surface area contributed by atoms with Crippen LogP contribution in [0.3, 0.4) is 0 Å². The van der Waals surface area contributed by atoms with Gasteiger partial charge in [0, 0.05) is 23.8 Å². The van der Waals surface area contributed by atoms with Gasteiger partial charge >= 0.3 is 0 Å². The molecule has 82 valence electrons. The average Bonchev–Trinajstić information content (AvgIpc) is 2.35. The summed E-state index contributed by atoms with van der Waals surface area (Å²) in [4.78, 5) is 15.9. The molecule has 3 heteroatoms. The van der Waals surface area contributed by atoms with Crippen molar-refractivity contribution in [1.82, 2.24) is 4.98 Å². The highest BCUT2D eigenvalue weighted by Gasteiger charge is 2.06. The summed E-state index contributed by atoms with van der Waals surface area (Å²) in [5.74, 6) is -0.0277. The van der Waals surface area contributed by atoms with Crippen molar-refractivity contribution in [3.8, 4) is 0 Å². The minimum atomic E-state index is -0.0277. The Bertz CT molecular complexity index is 508. The molecule has 1 aromatic carbocycles. The number of fused-ring (bicyclic) bond motifs is 1. The van der Waals surface area contributed by atoms with Crippen molar-refractivity contribution in [3.05, 3.63) is 42.1 Å². The van der Waals surface area contributed by atoms with Crippen LogP contribution in [0.1, 0.15) is 17.3 Å². The molecule has 0 atom stereocenters. The first kappa shape index (κ1) is 10.8. The van der Waals surface area contributed by atoms with E-state index in [0.29, 0.717) is 12.2 Å². The molecule has 1 aromatic heterocycles. The van der Waals surface area contributed by atoms with E-state index in [-0.39, 0.29) is 12.4 Å². The number of ketones is 1. The molecule has 0 saturated carbocycles. The van der Waals surface area contributed by atoms with Crippen molar-refractivity contribution in [2.45, 2.75) is 6.92 Å². The van der Waals surface area contributed by atoms with E-state index >= 15 is 0 Å². The van der Waals surface area contributed by atoms with Crippen molar-refractivity contribution in [2.24, 2.45) is 0 Å². The fraction of sp³-hybridized carbons (Fsp3) is 0.231. The second kappa shape index (κ2) is 4.86. The Morgan fingerprint density at radius 1 is 1.38 bits per heavy atom. The largest absolute Gasteiger partial charge is 0.374 e. The molecular weight excluding hydrogens is 202 g/mol. The van der Waals surface area contributed by atoms with E-state index < -0.39 is 0 Å². The number of carbonyl (C=O) groups is 1. The first-order chi connectivity index (χ1) is 7.81. The molecule has 0 unspecified atom stereocenters. The van der Waals surface area contributed by atoms with Gasteiger partial charge in [-0.05, 0) is 19.1 Å². The summed E-state index contributed by atoms with van der Waals surface area (Å²) < 4.78 is 5.08. The number of rotatable bonds is 4. The fourth-order valence-electron chi connectivity index (χ4n) is 1.50. The zero-order valence-electron chi connectivity index (χ0n) is 9.14. The maximum absolute atomic E-state index is 11.7. The molecule has 0 saturated heterocycles. The Morgan fingerprint density at radius 3 is 3.00 bits per heavy atom. The lowest BCUT2D eigenvalue weighted by Gasteiger charge is -2.02. The number of ether oxygens (including phenoxy) is 1. The van der Waals surface area contributed by atoms with Gasteiger partial charge in [0.2, 0.25) is 0 Å². The third-order valence-corrected chi connectivity index (χ3v) is 2.35. The lowest BCUT2D eigenvalue weighted by molar-refractivity contribution is 0.0783. The first-order valence-electron chi connectivity index (χ1n) is 5.27. The van der Waals surface area contributed by atoms with Crippen molar-refractivity contribution in [2.75, 3.05) is 13.2 Å². The number of aromatic nitrogens is 1. The van der Waals surface area contributed by atoms with Gasteiger partial charge in [-0.1, -0.05) is 18.2 Å². The van der Waals surface area contributed by atoms with Gasteiger partial charge in [0.25, 0.3) is 0 Å². The van der Waals surface area contributed by atoms with Crippen LogP contribution in [0.15, 0.2) is 36.5 Å². The maximum atomic E-state index is 11.7. The minimum Gasteiger partial charge on any atom is -0.374 e. The summed E-state index contributed by atoms with van der Waals surface area (Å²) in [6, 6.07) is 9.58. The van der Waals surface area contributed by atoms with Crippen LogP contribution in [0.2, 0.25) is 0 Å². The van der Waals surface area contributed by atoms with Crippen LogP contribution in [0.5, 0.6) is 0 Å². The van der Waals surface area contributed by atoms with Gasteiger partial charge in [-0.25, -0.2) is 0 Å². The maximum Gasteiger partial charge on any atom is 0.190 e. The summed E-state index contributed by atoms with van der Waals surface area (Å²) >= 11 is 0. The van der Waals surface area contributed by atoms with Crippen LogP contribution in [0.25, 0.3) is 10.9 Å². The van der Waals surface area contributed by atoms with E-state index in [1.165, 1.54) is 0 Å². The highest BCUT2D eigenvalue weighted by Crippen LogP contribution is 2.13. The lowest BCUT2D eigenvalue weighted by atomic mass is 10.1. The predicted molar refractivity (Wildman–Crippen MR) is 62.6 cm³/mol. The fourth-order valence-corrected chi connectivity index (χ4v) is 1.50. The number of pyridine rings is 1. The molecule has 0 spiro atoms. The number of para-hydroxylation sites is 1. The Hall–Kier alpha value is -1.74. The standard InChI is InChI=1S/C13H13NO2/c1-2-16-9-13(15)11-7-10-5-3-4-6-12(10)14-8-11/h3-8H,2,9H2,1H3. The number of Topliss-reactive ketones (excluding diaryl/α,β-unsaturated/α-hetero) is 1. The summed E-state index contributed by atoms with van der Waals surface area (Å²) in [6.07, 6.45) is 1.60. The summed E-state index contributed by atoms with van der Waals surface area (Å²) in [7, 11) is 0. The summed E-state index contributed by atoms with van der Waals surface area (Å²) in [5.41, 5.74) is 1.50. The number of benzene rings is 1. The smallest absolute Gasteiger partial charge is 0.190 e. The molecule has 3 nitrogen and oxygen atoms in total. The topological polar surface area (TPSA) is 39.2 Å². The molecule has 0 aliphatic heterocycles. The van der Waals surface area contributed by atoms with Gasteiger partial charge in [0.05, 0.1) is 5.52 Å². The molecule has 0 radical (unpaired) electrons. The van der Waals surface area contributed by atoms with Gasteiger partial charge in [0.1, 0.15) is 6.61 Å². The molecular formula is C13H13NO2. The number of carbonyl (C=O) groups excluding carboxylic acids is 1. The minimum absolute atomic E-state index is 0.0277. The van der Waals surface area contributed by atoms with E-state index in [4.69, 9.17) is 4.74 Å². The number of hydrogen-bond donors (Lipinski definition) is 0. The Balaban J connectivity index is 2.28. The predicted octanol–water partition coefficient (Wildman–Crippen LogP) is 2.45. The van der Waals surface area contributed by atoms with Crippen LogP contribution < -0.4 is 0 Å². The van der Waals surface area contributed by atoms with E-state index in [1.54, 1.807) is 6.20 Å². The van der Waals surface area contributed by atoms with Crippen LogP contribution in [-0.4, -0.2) is 24.0 Å². The SMILES string of the molecule is CCOCC(=O)c1cnc2ccccc2c1. The molecule has 16 heavy (non-hydrogen) atoms. The summed E-state index contributed by atoms with van der Waals surface area (Å²) in [6.45, 7) is 2.54.